The first-order valence-electron chi connectivity index (χ1n) is 5.20. The minimum atomic E-state index is -3.08. The molecule has 1 aliphatic heterocycles. The molecule has 1 saturated heterocycles. The van der Waals surface area contributed by atoms with Gasteiger partial charge in [-0.15, -0.1) is 0 Å². The second kappa shape index (κ2) is 4.59. The lowest BCUT2D eigenvalue weighted by atomic mass is 10.0. The Bertz CT molecular complexity index is 269. The van der Waals surface area contributed by atoms with E-state index in [0.29, 0.717) is 0 Å². The van der Waals surface area contributed by atoms with Crippen molar-refractivity contribution < 1.29 is 8.42 Å². The Labute approximate surface area is 86.5 Å². The third kappa shape index (κ3) is 3.55. The number of unbranched alkanes of at least 4 members (excludes halogenated alkanes) is 1. The summed E-state index contributed by atoms with van der Waals surface area (Å²) in [5, 5.41) is 3.16. The fraction of sp³-hybridized carbons (Fsp3) is 1.00. The first-order valence-corrected chi connectivity index (χ1v) is 6.85. The maximum Gasteiger partial charge on any atom is 0.212 e. The Morgan fingerprint density at radius 3 is 2.71 bits per heavy atom. The van der Waals surface area contributed by atoms with E-state index in [1.54, 1.807) is 0 Å². The number of hydrogen-bond acceptors (Lipinski definition) is 3. The molecule has 1 unspecified atom stereocenters. The largest absolute Gasteiger partial charge is 0.315 e. The molecular weight excluding hydrogens is 200 g/mol. The minimum Gasteiger partial charge on any atom is -0.315 e. The van der Waals surface area contributed by atoms with Crippen molar-refractivity contribution in [3.8, 4) is 0 Å². The molecule has 0 saturated carbocycles. The zero-order chi connectivity index (χ0) is 10.7. The van der Waals surface area contributed by atoms with Crippen molar-refractivity contribution in [1.29, 1.82) is 0 Å². The van der Waals surface area contributed by atoms with Crippen LogP contribution in [-0.4, -0.2) is 32.8 Å². The van der Waals surface area contributed by atoms with Gasteiger partial charge in [0.25, 0.3) is 0 Å². The van der Waals surface area contributed by atoms with E-state index in [-0.39, 0.29) is 11.3 Å². The monoisotopic (exact) mass is 220 g/mol. The van der Waals surface area contributed by atoms with Crippen LogP contribution in [0.4, 0.5) is 0 Å². The summed E-state index contributed by atoms with van der Waals surface area (Å²) in [5.41, 5.74) is -0.271. The quantitative estimate of drug-likeness (QED) is 0.707. The van der Waals surface area contributed by atoms with Crippen molar-refractivity contribution in [2.24, 2.45) is 0 Å². The Kier molecular flexibility index (Phi) is 3.92. The summed E-state index contributed by atoms with van der Waals surface area (Å²) in [5.74, 6) is 0.249. The van der Waals surface area contributed by atoms with Gasteiger partial charge < -0.3 is 5.32 Å². The maximum atomic E-state index is 11.6. The van der Waals surface area contributed by atoms with Gasteiger partial charge in [0, 0.05) is 12.1 Å². The van der Waals surface area contributed by atoms with Gasteiger partial charge in [-0.2, -0.15) is 0 Å². The Morgan fingerprint density at radius 1 is 1.50 bits per heavy atom. The summed E-state index contributed by atoms with van der Waals surface area (Å²) < 4.78 is 26.0. The average Bonchev–Trinajstić information content (AvgIpc) is 2.47. The van der Waals surface area contributed by atoms with Crippen LogP contribution in [0.1, 0.15) is 33.1 Å². The number of sulfonamides is 1. The molecule has 4 nitrogen and oxygen atoms in total. The molecule has 0 aromatic rings. The van der Waals surface area contributed by atoms with E-state index < -0.39 is 10.0 Å². The molecule has 84 valence electrons. The van der Waals surface area contributed by atoms with Crippen molar-refractivity contribution in [3.63, 3.8) is 0 Å². The summed E-state index contributed by atoms with van der Waals surface area (Å²) in [6.07, 6.45) is 2.52. The van der Waals surface area contributed by atoms with E-state index in [1.165, 1.54) is 0 Å². The molecule has 0 spiro atoms. The van der Waals surface area contributed by atoms with Crippen molar-refractivity contribution in [2.45, 2.75) is 38.6 Å². The smallest absolute Gasteiger partial charge is 0.212 e. The number of hydrogen-bond donors (Lipinski definition) is 2. The highest BCUT2D eigenvalue weighted by Gasteiger charge is 2.32. The standard InChI is InChI=1S/C9H20N2O2S/c1-3-4-7-14(12,13)11-9(2)5-6-10-8-9/h10-11H,3-8H2,1-2H3. The maximum absolute atomic E-state index is 11.6. The third-order valence-electron chi connectivity index (χ3n) is 2.54. The van der Waals surface area contributed by atoms with Gasteiger partial charge >= 0.3 is 0 Å². The molecule has 1 fully saturated rings. The normalized spacial score (nSPS) is 28.1. The molecule has 0 amide bonds. The van der Waals surface area contributed by atoms with Crippen molar-refractivity contribution in [3.05, 3.63) is 0 Å². The van der Waals surface area contributed by atoms with Crippen LogP contribution in [-0.2, 0) is 10.0 Å². The predicted octanol–water partition coefficient (Wildman–Crippen LogP) is 0.458. The van der Waals surface area contributed by atoms with Crippen LogP contribution in [0.2, 0.25) is 0 Å². The summed E-state index contributed by atoms with van der Waals surface area (Å²) in [6, 6.07) is 0. The molecule has 0 aromatic carbocycles. The van der Waals surface area contributed by atoms with Gasteiger partial charge in [0.05, 0.1) is 5.75 Å². The fourth-order valence-corrected chi connectivity index (χ4v) is 3.36. The predicted molar refractivity (Wildman–Crippen MR) is 57.7 cm³/mol. The van der Waals surface area contributed by atoms with Gasteiger partial charge in [-0.3, -0.25) is 0 Å². The summed E-state index contributed by atoms with van der Waals surface area (Å²) in [6.45, 7) is 5.58. The second-order valence-corrected chi connectivity index (χ2v) is 6.10. The minimum absolute atomic E-state index is 0.249. The van der Waals surface area contributed by atoms with Crippen LogP contribution in [0.25, 0.3) is 0 Å². The summed E-state index contributed by atoms with van der Waals surface area (Å²) in [7, 11) is -3.08. The summed E-state index contributed by atoms with van der Waals surface area (Å²) >= 11 is 0. The van der Waals surface area contributed by atoms with E-state index in [4.69, 9.17) is 0 Å². The fourth-order valence-electron chi connectivity index (χ4n) is 1.66. The Balaban J connectivity index is 2.49. The van der Waals surface area contributed by atoms with E-state index in [1.807, 2.05) is 13.8 Å². The zero-order valence-corrected chi connectivity index (χ0v) is 9.78. The van der Waals surface area contributed by atoms with Gasteiger partial charge in [-0.05, 0) is 26.3 Å². The Hall–Kier alpha value is -0.130. The molecule has 2 N–H and O–H groups in total. The molecule has 14 heavy (non-hydrogen) atoms. The van der Waals surface area contributed by atoms with Crippen LogP contribution in [0, 0.1) is 0 Å². The van der Waals surface area contributed by atoms with Crippen LogP contribution in [0.15, 0.2) is 0 Å². The van der Waals surface area contributed by atoms with E-state index in [9.17, 15) is 8.42 Å². The van der Waals surface area contributed by atoms with Crippen LogP contribution in [0.3, 0.4) is 0 Å². The van der Waals surface area contributed by atoms with Gasteiger partial charge in [-0.1, -0.05) is 13.3 Å². The van der Waals surface area contributed by atoms with Crippen LogP contribution >= 0.6 is 0 Å². The number of nitrogens with one attached hydrogen (secondary N) is 2. The highest BCUT2D eigenvalue weighted by molar-refractivity contribution is 7.89. The molecule has 0 bridgehead atoms. The van der Waals surface area contributed by atoms with Crippen LogP contribution < -0.4 is 10.0 Å². The van der Waals surface area contributed by atoms with Crippen molar-refractivity contribution in [2.75, 3.05) is 18.8 Å². The van der Waals surface area contributed by atoms with E-state index in [2.05, 4.69) is 10.0 Å². The molecule has 5 heteroatoms. The van der Waals surface area contributed by atoms with E-state index in [0.717, 1.165) is 32.4 Å². The first kappa shape index (κ1) is 11.9. The van der Waals surface area contributed by atoms with E-state index >= 15 is 0 Å². The lowest BCUT2D eigenvalue weighted by molar-refractivity contribution is 0.451. The highest BCUT2D eigenvalue weighted by atomic mass is 32.2. The van der Waals surface area contributed by atoms with Gasteiger partial charge in [0.15, 0.2) is 0 Å². The van der Waals surface area contributed by atoms with Crippen LogP contribution in [0.5, 0.6) is 0 Å². The Morgan fingerprint density at radius 2 is 2.21 bits per heavy atom. The zero-order valence-electron chi connectivity index (χ0n) is 8.97. The average molecular weight is 220 g/mol. The highest BCUT2D eigenvalue weighted by Crippen LogP contribution is 2.14. The van der Waals surface area contributed by atoms with Gasteiger partial charge in [-0.25, -0.2) is 13.1 Å². The van der Waals surface area contributed by atoms with Crippen molar-refractivity contribution >= 4 is 10.0 Å². The number of rotatable bonds is 5. The molecule has 1 atom stereocenters. The second-order valence-electron chi connectivity index (χ2n) is 4.26. The summed E-state index contributed by atoms with van der Waals surface area (Å²) in [4.78, 5) is 0. The van der Waals surface area contributed by atoms with Gasteiger partial charge in [0.2, 0.25) is 10.0 Å². The molecule has 1 aliphatic rings. The lowest BCUT2D eigenvalue weighted by Gasteiger charge is -2.23. The lowest BCUT2D eigenvalue weighted by Crippen LogP contribution is -2.48. The molecule has 1 rings (SSSR count). The first-order chi connectivity index (χ1) is 6.47. The molecule has 0 radical (unpaired) electrons. The molecule has 0 aliphatic carbocycles. The SMILES string of the molecule is CCCCS(=O)(=O)NC1(C)CCNC1. The molecule has 0 aromatic heterocycles. The topological polar surface area (TPSA) is 58.2 Å². The van der Waals surface area contributed by atoms with Crippen molar-refractivity contribution in [1.82, 2.24) is 10.0 Å². The third-order valence-corrected chi connectivity index (χ3v) is 4.17. The molecule has 1 heterocycles. The molecular formula is C9H20N2O2S. The van der Waals surface area contributed by atoms with Gasteiger partial charge in [0.1, 0.15) is 0 Å².